The summed E-state index contributed by atoms with van der Waals surface area (Å²) in [6.45, 7) is 17.1. The van der Waals surface area contributed by atoms with E-state index in [4.69, 9.17) is 25.9 Å². The van der Waals surface area contributed by atoms with Crippen LogP contribution in [0.15, 0.2) is 54.6 Å². The second kappa shape index (κ2) is 9.47. The smallest absolute Gasteiger partial charge is 0.418 e. The van der Waals surface area contributed by atoms with Crippen LogP contribution in [0.4, 0.5) is 10.6 Å². The Morgan fingerprint density at radius 1 is 1.00 bits per heavy atom. The van der Waals surface area contributed by atoms with Crippen molar-refractivity contribution in [3.05, 3.63) is 65.3 Å². The van der Waals surface area contributed by atoms with Gasteiger partial charge in [0, 0.05) is 17.5 Å². The Morgan fingerprint density at radius 2 is 1.65 bits per heavy atom. The third-order valence-electron chi connectivity index (χ3n) is 5.99. The summed E-state index contributed by atoms with van der Waals surface area (Å²) in [5, 5.41) is 8.17. The summed E-state index contributed by atoms with van der Waals surface area (Å²) in [4.78, 5) is 12.6. The fraction of sp³-hybridized carbons (Fsp3) is 0.385. The lowest BCUT2D eigenvalue weighted by atomic mass is 9.92. The zero-order chi connectivity index (χ0) is 25.3. The van der Waals surface area contributed by atoms with Crippen LogP contribution in [-0.4, -0.2) is 24.2 Å². The molecule has 0 aliphatic carbocycles. The molecule has 0 saturated carbocycles. The van der Waals surface area contributed by atoms with Gasteiger partial charge in [-0.05, 0) is 42.4 Å². The van der Waals surface area contributed by atoms with E-state index < -0.39 is 14.4 Å². The Hall–Kier alpha value is -2.77. The predicted molar refractivity (Wildman–Crippen MR) is 141 cm³/mol. The minimum Gasteiger partial charge on any atom is -0.542 e. The number of carbonyl (C=O) groups is 1. The minimum absolute atomic E-state index is 0.0192. The van der Waals surface area contributed by atoms with E-state index in [9.17, 15) is 4.79 Å². The third-order valence-corrected chi connectivity index (χ3v) is 10.6. The fourth-order valence-electron chi connectivity index (χ4n) is 2.89. The number of para-hydroxylation sites is 1. The van der Waals surface area contributed by atoms with E-state index >= 15 is 0 Å². The summed E-state index contributed by atoms with van der Waals surface area (Å²) < 4.78 is 13.6. The van der Waals surface area contributed by atoms with Crippen LogP contribution in [0.1, 0.15) is 47.2 Å². The van der Waals surface area contributed by atoms with Gasteiger partial charge in [0.05, 0.1) is 16.4 Å². The molecule has 1 N–H and O–H groups in total. The average molecular weight is 500 g/mol. The number of nitrogens with one attached hydrogen (secondary N) is 1. The lowest BCUT2D eigenvalue weighted by molar-refractivity contribution is 0.215. The molecule has 0 fully saturated rings. The van der Waals surface area contributed by atoms with Crippen molar-refractivity contribution >= 4 is 31.8 Å². The molecule has 0 radical (unpaired) electrons. The lowest BCUT2D eigenvalue weighted by Crippen LogP contribution is -2.43. The van der Waals surface area contributed by atoms with Crippen molar-refractivity contribution in [1.82, 2.24) is 9.78 Å². The van der Waals surface area contributed by atoms with Gasteiger partial charge in [0.25, 0.3) is 8.32 Å². The number of amides is 1. The van der Waals surface area contributed by atoms with Gasteiger partial charge in [0.2, 0.25) is 0 Å². The molecule has 2 aromatic carbocycles. The highest BCUT2D eigenvalue weighted by Gasteiger charge is 2.39. The van der Waals surface area contributed by atoms with Crippen LogP contribution in [0.3, 0.4) is 0 Å². The number of hydrogen-bond donors (Lipinski definition) is 1. The summed E-state index contributed by atoms with van der Waals surface area (Å²) in [6, 6.07) is 16.3. The topological polar surface area (TPSA) is 65.4 Å². The zero-order valence-electron chi connectivity index (χ0n) is 21.2. The first-order valence-corrected chi connectivity index (χ1v) is 14.6. The SMILES string of the molecule is CC(C)(C)c1cc(NC(=O)Oc2ccccc2)n(-c2ccc(Cl)c(O[Si](C)(C)C(C)(C)C)c2)n1. The molecule has 34 heavy (non-hydrogen) atoms. The minimum atomic E-state index is -2.11. The third kappa shape index (κ3) is 6.01. The van der Waals surface area contributed by atoms with Crippen molar-refractivity contribution in [3.8, 4) is 17.2 Å². The van der Waals surface area contributed by atoms with Gasteiger partial charge in [-0.1, -0.05) is 71.3 Å². The van der Waals surface area contributed by atoms with E-state index in [1.165, 1.54) is 0 Å². The highest BCUT2D eigenvalue weighted by Crippen LogP contribution is 2.40. The predicted octanol–water partition coefficient (Wildman–Crippen LogP) is 7.82. The van der Waals surface area contributed by atoms with E-state index in [1.807, 2.05) is 36.4 Å². The maximum atomic E-state index is 12.6. The summed E-state index contributed by atoms with van der Waals surface area (Å²) >= 11 is 6.51. The molecule has 0 spiro atoms. The number of ether oxygens (including phenoxy) is 1. The van der Waals surface area contributed by atoms with Gasteiger partial charge in [-0.25, -0.2) is 9.48 Å². The molecule has 0 aliphatic rings. The molecule has 0 unspecified atom stereocenters. The largest absolute Gasteiger partial charge is 0.542 e. The van der Waals surface area contributed by atoms with Crippen LogP contribution in [0.25, 0.3) is 5.69 Å². The van der Waals surface area contributed by atoms with Crippen molar-refractivity contribution in [1.29, 1.82) is 0 Å². The van der Waals surface area contributed by atoms with Crippen molar-refractivity contribution in [2.24, 2.45) is 0 Å². The van der Waals surface area contributed by atoms with E-state index in [2.05, 4.69) is 60.0 Å². The number of nitrogens with zero attached hydrogens (tertiary/aromatic N) is 2. The number of rotatable bonds is 5. The number of hydrogen-bond acceptors (Lipinski definition) is 4. The molecule has 1 amide bonds. The monoisotopic (exact) mass is 499 g/mol. The Balaban J connectivity index is 1.98. The number of benzene rings is 2. The van der Waals surface area contributed by atoms with Crippen molar-refractivity contribution < 1.29 is 14.0 Å². The van der Waals surface area contributed by atoms with Crippen molar-refractivity contribution in [3.63, 3.8) is 0 Å². The first-order valence-electron chi connectivity index (χ1n) is 11.3. The quantitative estimate of drug-likeness (QED) is 0.363. The van der Waals surface area contributed by atoms with Gasteiger partial charge < -0.3 is 9.16 Å². The number of aromatic nitrogens is 2. The maximum Gasteiger partial charge on any atom is 0.418 e. The second-order valence-electron chi connectivity index (χ2n) is 10.9. The molecular weight excluding hydrogens is 466 g/mol. The van der Waals surface area contributed by atoms with Crippen LogP contribution < -0.4 is 14.5 Å². The molecule has 1 heterocycles. The molecule has 182 valence electrons. The molecule has 0 aliphatic heterocycles. The molecule has 3 rings (SSSR count). The number of carbonyl (C=O) groups excluding carboxylic acids is 1. The van der Waals surface area contributed by atoms with Crippen molar-refractivity contribution in [2.75, 3.05) is 5.32 Å². The Bertz CT molecular complexity index is 1160. The van der Waals surface area contributed by atoms with Gasteiger partial charge >= 0.3 is 6.09 Å². The van der Waals surface area contributed by atoms with Crippen LogP contribution in [0.5, 0.6) is 11.5 Å². The van der Waals surface area contributed by atoms with Gasteiger partial charge in [-0.2, -0.15) is 5.10 Å². The van der Waals surface area contributed by atoms with Gasteiger partial charge in [-0.15, -0.1) is 0 Å². The van der Waals surface area contributed by atoms with E-state index in [-0.39, 0.29) is 10.5 Å². The molecular formula is C26H34ClN3O3Si. The Kier molecular flexibility index (Phi) is 7.19. The van der Waals surface area contributed by atoms with E-state index in [0.717, 1.165) is 11.4 Å². The molecule has 6 nitrogen and oxygen atoms in total. The maximum absolute atomic E-state index is 12.6. The Labute approximate surface area is 208 Å². The highest BCUT2D eigenvalue weighted by atomic mass is 35.5. The van der Waals surface area contributed by atoms with Crippen LogP contribution in [0.2, 0.25) is 23.2 Å². The molecule has 1 aromatic heterocycles. The molecule has 8 heteroatoms. The van der Waals surface area contributed by atoms with Gasteiger partial charge in [0.1, 0.15) is 17.3 Å². The lowest BCUT2D eigenvalue weighted by Gasteiger charge is -2.36. The zero-order valence-corrected chi connectivity index (χ0v) is 22.9. The van der Waals surface area contributed by atoms with Crippen LogP contribution in [-0.2, 0) is 5.41 Å². The summed E-state index contributed by atoms with van der Waals surface area (Å²) in [5.74, 6) is 1.56. The number of anilines is 1. The number of halogens is 1. The standard InChI is InChI=1S/C26H34ClN3O3Si/c1-25(2,3)22-17-23(28-24(31)32-19-12-10-9-11-13-19)30(29-22)18-14-15-20(27)21(16-18)33-34(7,8)26(4,5)6/h9-17H,1-8H3,(H,28,31). The van der Waals surface area contributed by atoms with E-state index in [0.29, 0.717) is 22.3 Å². The van der Waals surface area contributed by atoms with Gasteiger partial charge in [0.15, 0.2) is 0 Å². The molecule has 0 atom stereocenters. The molecule has 0 bridgehead atoms. The van der Waals surface area contributed by atoms with Crippen LogP contribution >= 0.6 is 11.6 Å². The van der Waals surface area contributed by atoms with Gasteiger partial charge in [-0.3, -0.25) is 5.32 Å². The van der Waals surface area contributed by atoms with E-state index in [1.54, 1.807) is 22.9 Å². The highest BCUT2D eigenvalue weighted by molar-refractivity contribution is 6.74. The summed E-state index contributed by atoms with van der Waals surface area (Å²) in [6.07, 6.45) is -0.598. The normalized spacial score (nSPS) is 12.4. The first-order chi connectivity index (χ1) is 15.7. The molecule has 3 aromatic rings. The second-order valence-corrected chi connectivity index (χ2v) is 16.0. The van der Waals surface area contributed by atoms with Crippen molar-refractivity contribution in [2.45, 2.75) is 65.1 Å². The average Bonchev–Trinajstić information content (AvgIpc) is 3.13. The summed E-state index contributed by atoms with van der Waals surface area (Å²) in [5.41, 5.74) is 1.32. The van der Waals surface area contributed by atoms with Crippen LogP contribution in [0, 0.1) is 0 Å². The Morgan fingerprint density at radius 3 is 2.24 bits per heavy atom. The fourth-order valence-corrected chi connectivity index (χ4v) is 4.13. The molecule has 0 saturated heterocycles. The first kappa shape index (κ1) is 25.8. The summed E-state index contributed by atoms with van der Waals surface area (Å²) in [7, 11) is -2.11.